The molecule has 1 aliphatic rings. The van der Waals surface area contributed by atoms with Crippen LogP contribution in [0.5, 0.6) is 0 Å². The van der Waals surface area contributed by atoms with Crippen LogP contribution in [-0.4, -0.2) is 34.4 Å². The number of carbonyl (C=O) groups is 2. The van der Waals surface area contributed by atoms with E-state index in [0.717, 1.165) is 48.3 Å². The topological polar surface area (TPSA) is 45.6 Å². The Bertz CT molecular complexity index is 1170. The van der Waals surface area contributed by atoms with Gasteiger partial charge in [-0.2, -0.15) is 0 Å². The molecule has 0 saturated heterocycles. The second-order valence-electron chi connectivity index (χ2n) is 10.4. The molecule has 0 radical (unpaired) electrons. The smallest absolute Gasteiger partial charge is 0.247 e. The molecule has 5 heteroatoms. The standard InChI is InChI=1S/C33H43N3O2/c1-3-5-7-8-9-10-14-23-31(37)34(24-6-4-2)26-32(38)36-29-21-16-15-20-28(29)35-25-17-22-30(35)33(36)27-18-12-11-13-19-27/h11-13,15-22,25,33H,3-10,14,23-24,26H2,1-2H3. The van der Waals surface area contributed by atoms with Gasteiger partial charge in [-0.05, 0) is 42.7 Å². The van der Waals surface area contributed by atoms with Gasteiger partial charge in [-0.1, -0.05) is 101 Å². The molecular formula is C33H43N3O2. The Morgan fingerprint density at radius 2 is 1.39 bits per heavy atom. The third-order valence-electron chi connectivity index (χ3n) is 7.56. The van der Waals surface area contributed by atoms with Gasteiger partial charge in [0.1, 0.15) is 12.6 Å². The molecule has 0 N–H and O–H groups in total. The van der Waals surface area contributed by atoms with Crippen molar-refractivity contribution in [3.63, 3.8) is 0 Å². The van der Waals surface area contributed by atoms with E-state index in [1.54, 1.807) is 4.90 Å². The number of nitrogens with zero attached hydrogens (tertiary/aromatic N) is 3. The lowest BCUT2D eigenvalue weighted by Crippen LogP contribution is -2.47. The Kier molecular flexibility index (Phi) is 10.2. The van der Waals surface area contributed by atoms with Crippen LogP contribution in [0.1, 0.15) is 95.4 Å². The van der Waals surface area contributed by atoms with Gasteiger partial charge in [0.15, 0.2) is 0 Å². The van der Waals surface area contributed by atoms with Gasteiger partial charge < -0.3 is 9.47 Å². The molecule has 202 valence electrons. The molecule has 0 spiro atoms. The quantitative estimate of drug-likeness (QED) is 0.208. The molecule has 1 unspecified atom stereocenters. The fourth-order valence-corrected chi connectivity index (χ4v) is 5.48. The molecule has 0 saturated carbocycles. The van der Waals surface area contributed by atoms with Crippen molar-refractivity contribution in [3.8, 4) is 5.69 Å². The monoisotopic (exact) mass is 513 g/mol. The lowest BCUT2D eigenvalue weighted by molar-refractivity contribution is -0.135. The van der Waals surface area contributed by atoms with Crippen molar-refractivity contribution in [2.75, 3.05) is 18.0 Å². The first kappa shape index (κ1) is 27.7. The molecule has 0 aliphatic carbocycles. The number of benzene rings is 2. The average Bonchev–Trinajstić information content (AvgIpc) is 3.44. The summed E-state index contributed by atoms with van der Waals surface area (Å²) < 4.78 is 2.18. The number of para-hydroxylation sites is 2. The lowest BCUT2D eigenvalue weighted by Gasteiger charge is -2.39. The maximum atomic E-state index is 14.2. The Morgan fingerprint density at radius 1 is 0.737 bits per heavy atom. The summed E-state index contributed by atoms with van der Waals surface area (Å²) in [6.07, 6.45) is 12.7. The minimum atomic E-state index is -0.250. The average molecular weight is 514 g/mol. The molecule has 2 heterocycles. The van der Waals surface area contributed by atoms with Gasteiger partial charge in [-0.15, -0.1) is 0 Å². The highest BCUT2D eigenvalue weighted by Gasteiger charge is 2.36. The number of unbranched alkanes of at least 4 members (excludes halogenated alkanes) is 7. The van der Waals surface area contributed by atoms with E-state index in [2.05, 4.69) is 48.9 Å². The van der Waals surface area contributed by atoms with Crippen LogP contribution in [0.3, 0.4) is 0 Å². The number of rotatable bonds is 14. The van der Waals surface area contributed by atoms with E-state index < -0.39 is 0 Å². The van der Waals surface area contributed by atoms with E-state index in [0.29, 0.717) is 13.0 Å². The van der Waals surface area contributed by atoms with Gasteiger partial charge >= 0.3 is 0 Å². The zero-order chi connectivity index (χ0) is 26.7. The van der Waals surface area contributed by atoms with E-state index >= 15 is 0 Å². The van der Waals surface area contributed by atoms with E-state index in [-0.39, 0.29) is 24.4 Å². The van der Waals surface area contributed by atoms with Crippen molar-refractivity contribution in [1.82, 2.24) is 9.47 Å². The van der Waals surface area contributed by atoms with Crippen molar-refractivity contribution < 1.29 is 9.59 Å². The Morgan fingerprint density at radius 3 is 2.13 bits per heavy atom. The third kappa shape index (κ3) is 6.56. The van der Waals surface area contributed by atoms with Gasteiger partial charge in [0.05, 0.1) is 17.1 Å². The molecule has 3 aromatic rings. The largest absolute Gasteiger partial charge is 0.333 e. The number of fused-ring (bicyclic) bond motifs is 3. The molecule has 0 fully saturated rings. The Balaban J connectivity index is 1.53. The van der Waals surface area contributed by atoms with E-state index in [1.807, 2.05) is 47.4 Å². The minimum Gasteiger partial charge on any atom is -0.333 e. The minimum absolute atomic E-state index is 0.0391. The van der Waals surface area contributed by atoms with Crippen LogP contribution in [0.2, 0.25) is 0 Å². The summed E-state index contributed by atoms with van der Waals surface area (Å²) in [6, 6.07) is 22.1. The first-order valence-electron chi connectivity index (χ1n) is 14.6. The Labute approximate surface area is 228 Å². The highest BCUT2D eigenvalue weighted by molar-refractivity contribution is 6.00. The predicted octanol–water partition coefficient (Wildman–Crippen LogP) is 7.68. The molecule has 1 aromatic heterocycles. The van der Waals surface area contributed by atoms with Crippen molar-refractivity contribution >= 4 is 17.5 Å². The van der Waals surface area contributed by atoms with Crippen LogP contribution in [0.4, 0.5) is 5.69 Å². The summed E-state index contributed by atoms with van der Waals surface area (Å²) in [7, 11) is 0. The van der Waals surface area contributed by atoms with Crippen molar-refractivity contribution in [2.45, 2.75) is 84.1 Å². The van der Waals surface area contributed by atoms with Gasteiger partial charge in [-0.3, -0.25) is 14.5 Å². The second kappa shape index (κ2) is 14.0. The fourth-order valence-electron chi connectivity index (χ4n) is 5.48. The number of hydrogen-bond acceptors (Lipinski definition) is 2. The van der Waals surface area contributed by atoms with Crippen molar-refractivity contribution in [2.24, 2.45) is 0 Å². The number of aromatic nitrogens is 1. The molecule has 5 nitrogen and oxygen atoms in total. The second-order valence-corrected chi connectivity index (χ2v) is 10.4. The summed E-state index contributed by atoms with van der Waals surface area (Å²) in [5.74, 6) is 0.0630. The number of hydrogen-bond donors (Lipinski definition) is 0. The third-order valence-corrected chi connectivity index (χ3v) is 7.56. The maximum Gasteiger partial charge on any atom is 0.247 e. The highest BCUT2D eigenvalue weighted by Crippen LogP contribution is 2.42. The Hall–Kier alpha value is -3.34. The van der Waals surface area contributed by atoms with Crippen LogP contribution in [0.15, 0.2) is 72.9 Å². The predicted molar refractivity (Wildman–Crippen MR) is 156 cm³/mol. The summed E-state index contributed by atoms with van der Waals surface area (Å²) >= 11 is 0. The molecular weight excluding hydrogens is 470 g/mol. The molecule has 2 aromatic carbocycles. The van der Waals surface area contributed by atoms with Gasteiger partial charge in [0.2, 0.25) is 11.8 Å². The van der Waals surface area contributed by atoms with E-state index in [4.69, 9.17) is 0 Å². The van der Waals surface area contributed by atoms with Crippen LogP contribution < -0.4 is 4.90 Å². The van der Waals surface area contributed by atoms with Gasteiger partial charge in [0.25, 0.3) is 0 Å². The SMILES string of the molecule is CCCCCCCCCC(=O)N(CCCC)CC(=O)N1c2ccccc2-n2cccc2C1c1ccccc1. The molecule has 0 bridgehead atoms. The van der Waals surface area contributed by atoms with E-state index in [1.165, 1.54) is 32.1 Å². The van der Waals surface area contributed by atoms with E-state index in [9.17, 15) is 9.59 Å². The van der Waals surface area contributed by atoms with Crippen LogP contribution >= 0.6 is 0 Å². The van der Waals surface area contributed by atoms with Gasteiger partial charge in [-0.25, -0.2) is 0 Å². The van der Waals surface area contributed by atoms with Crippen LogP contribution in [-0.2, 0) is 9.59 Å². The number of carbonyl (C=O) groups excluding carboxylic acids is 2. The normalized spacial score (nSPS) is 14.2. The number of anilines is 1. The molecule has 2 amide bonds. The van der Waals surface area contributed by atoms with Crippen LogP contribution in [0.25, 0.3) is 5.69 Å². The van der Waals surface area contributed by atoms with Gasteiger partial charge in [0, 0.05) is 19.2 Å². The van der Waals surface area contributed by atoms with Crippen LogP contribution in [0, 0.1) is 0 Å². The first-order valence-corrected chi connectivity index (χ1v) is 14.6. The summed E-state index contributed by atoms with van der Waals surface area (Å²) in [6.45, 7) is 5.08. The zero-order valence-electron chi connectivity index (χ0n) is 23.1. The zero-order valence-corrected chi connectivity index (χ0v) is 23.1. The number of amides is 2. The molecule has 1 atom stereocenters. The van der Waals surface area contributed by atoms with Crippen molar-refractivity contribution in [1.29, 1.82) is 0 Å². The summed E-state index contributed by atoms with van der Waals surface area (Å²) in [5.41, 5.74) is 3.98. The fraction of sp³-hybridized carbons (Fsp3) is 0.455. The lowest BCUT2D eigenvalue weighted by atomic mass is 9.97. The highest BCUT2D eigenvalue weighted by atomic mass is 16.2. The molecule has 4 rings (SSSR count). The van der Waals surface area contributed by atoms with Crippen molar-refractivity contribution in [3.05, 3.63) is 84.2 Å². The summed E-state index contributed by atoms with van der Waals surface area (Å²) in [5, 5.41) is 0. The maximum absolute atomic E-state index is 14.2. The molecule has 38 heavy (non-hydrogen) atoms. The summed E-state index contributed by atoms with van der Waals surface area (Å²) in [4.78, 5) is 31.2. The first-order chi connectivity index (χ1) is 18.7. The molecule has 1 aliphatic heterocycles.